The minimum Gasteiger partial charge on any atom is -0.494 e. The molecule has 7 nitrogen and oxygen atoms in total. The summed E-state index contributed by atoms with van der Waals surface area (Å²) in [4.78, 5) is 24.7. The Labute approximate surface area is 166 Å². The number of benzene rings is 1. The molecular weight excluding hydrogens is 358 g/mol. The quantitative estimate of drug-likeness (QED) is 0.699. The Bertz CT molecular complexity index is 825. The second kappa shape index (κ2) is 9.39. The summed E-state index contributed by atoms with van der Waals surface area (Å²) in [6, 6.07) is 6.72. The third kappa shape index (κ3) is 5.58. The molecule has 0 aliphatic rings. The van der Waals surface area contributed by atoms with Crippen molar-refractivity contribution in [1.82, 2.24) is 9.78 Å². The average Bonchev–Trinajstić information content (AvgIpc) is 2.88. The van der Waals surface area contributed by atoms with Gasteiger partial charge in [0.05, 0.1) is 29.2 Å². The summed E-state index contributed by atoms with van der Waals surface area (Å²) >= 11 is 0. The fourth-order valence-electron chi connectivity index (χ4n) is 2.56. The standard InChI is InChI=1S/C21H29N3O4/c1-13(2)11-12-27-18-9-7-17(8-10-18)21(26)28-16(5)20(25)22-19-14(3)23-24(6)15(19)4/h7-10,13,16H,11-12H2,1-6H3,(H,22,25). The van der Waals surface area contributed by atoms with Crippen LogP contribution in [-0.2, 0) is 16.6 Å². The van der Waals surface area contributed by atoms with Crippen LogP contribution in [0.15, 0.2) is 24.3 Å². The lowest BCUT2D eigenvalue weighted by Crippen LogP contribution is -2.30. The summed E-state index contributed by atoms with van der Waals surface area (Å²) in [6.45, 7) is 10.1. The van der Waals surface area contributed by atoms with Gasteiger partial charge in [-0.2, -0.15) is 5.10 Å². The van der Waals surface area contributed by atoms with Crippen molar-refractivity contribution in [2.75, 3.05) is 11.9 Å². The summed E-state index contributed by atoms with van der Waals surface area (Å²) in [5, 5.41) is 7.03. The monoisotopic (exact) mass is 387 g/mol. The Kier molecular flexibility index (Phi) is 7.20. The van der Waals surface area contributed by atoms with Crippen LogP contribution >= 0.6 is 0 Å². The molecule has 1 aromatic carbocycles. The highest BCUT2D eigenvalue weighted by Crippen LogP contribution is 2.19. The first-order valence-corrected chi connectivity index (χ1v) is 9.44. The SMILES string of the molecule is Cc1nn(C)c(C)c1NC(=O)C(C)OC(=O)c1ccc(OCCC(C)C)cc1. The largest absolute Gasteiger partial charge is 0.494 e. The van der Waals surface area contributed by atoms with Crippen LogP contribution < -0.4 is 10.1 Å². The molecule has 0 saturated heterocycles. The average molecular weight is 387 g/mol. The van der Waals surface area contributed by atoms with E-state index >= 15 is 0 Å². The summed E-state index contributed by atoms with van der Waals surface area (Å²) < 4.78 is 12.6. The van der Waals surface area contributed by atoms with Gasteiger partial charge in [-0.05, 0) is 57.4 Å². The number of carbonyl (C=O) groups is 2. The van der Waals surface area contributed by atoms with Crippen LogP contribution in [0.3, 0.4) is 0 Å². The number of amides is 1. The van der Waals surface area contributed by atoms with Gasteiger partial charge in [-0.3, -0.25) is 9.48 Å². The van der Waals surface area contributed by atoms with Gasteiger partial charge in [0, 0.05) is 7.05 Å². The number of rotatable bonds is 8. The number of nitrogens with zero attached hydrogens (tertiary/aromatic N) is 2. The van der Waals surface area contributed by atoms with Crippen molar-refractivity contribution in [3.63, 3.8) is 0 Å². The summed E-state index contributed by atoms with van der Waals surface area (Å²) in [7, 11) is 1.80. The van der Waals surface area contributed by atoms with E-state index in [1.165, 1.54) is 6.92 Å². The molecule has 1 unspecified atom stereocenters. The van der Waals surface area contributed by atoms with E-state index < -0.39 is 18.0 Å². The van der Waals surface area contributed by atoms with Gasteiger partial charge in [0.1, 0.15) is 5.75 Å². The number of aryl methyl sites for hydroxylation is 2. The zero-order valence-corrected chi connectivity index (χ0v) is 17.4. The molecule has 152 valence electrons. The Balaban J connectivity index is 1.91. The van der Waals surface area contributed by atoms with E-state index in [1.807, 2.05) is 13.8 Å². The van der Waals surface area contributed by atoms with Crippen molar-refractivity contribution in [2.24, 2.45) is 13.0 Å². The minimum atomic E-state index is -0.937. The van der Waals surface area contributed by atoms with Crippen LogP contribution in [0.2, 0.25) is 0 Å². The van der Waals surface area contributed by atoms with Crippen molar-refractivity contribution >= 4 is 17.6 Å². The molecule has 1 atom stereocenters. The Morgan fingerprint density at radius 1 is 1.14 bits per heavy atom. The number of carbonyl (C=O) groups excluding carboxylic acids is 2. The molecule has 0 saturated carbocycles. The van der Waals surface area contributed by atoms with Gasteiger partial charge in [0.2, 0.25) is 0 Å². The highest BCUT2D eigenvalue weighted by molar-refractivity contribution is 5.98. The third-order valence-electron chi connectivity index (χ3n) is 4.46. The number of aromatic nitrogens is 2. The van der Waals surface area contributed by atoms with Crippen LogP contribution in [0.1, 0.15) is 48.9 Å². The first kappa shape index (κ1) is 21.5. The van der Waals surface area contributed by atoms with Gasteiger partial charge >= 0.3 is 5.97 Å². The van der Waals surface area contributed by atoms with Crippen LogP contribution in [0, 0.1) is 19.8 Å². The van der Waals surface area contributed by atoms with Crippen molar-refractivity contribution < 1.29 is 19.1 Å². The maximum absolute atomic E-state index is 12.4. The number of anilines is 1. The second-order valence-electron chi connectivity index (χ2n) is 7.26. The molecule has 28 heavy (non-hydrogen) atoms. The van der Waals surface area contributed by atoms with Crippen molar-refractivity contribution in [2.45, 2.75) is 47.1 Å². The Hall–Kier alpha value is -2.83. The van der Waals surface area contributed by atoms with Crippen molar-refractivity contribution in [1.29, 1.82) is 0 Å². The van der Waals surface area contributed by atoms with Gasteiger partial charge in [-0.1, -0.05) is 13.8 Å². The topological polar surface area (TPSA) is 82.5 Å². The fraction of sp³-hybridized carbons (Fsp3) is 0.476. The zero-order valence-electron chi connectivity index (χ0n) is 17.4. The number of esters is 1. The van der Waals surface area contributed by atoms with Crippen LogP contribution in [0.4, 0.5) is 5.69 Å². The van der Waals surface area contributed by atoms with E-state index in [2.05, 4.69) is 24.3 Å². The molecular formula is C21H29N3O4. The highest BCUT2D eigenvalue weighted by Gasteiger charge is 2.21. The lowest BCUT2D eigenvalue weighted by molar-refractivity contribution is -0.123. The lowest BCUT2D eigenvalue weighted by Gasteiger charge is -2.14. The van der Waals surface area contributed by atoms with E-state index in [1.54, 1.807) is 36.0 Å². The molecule has 0 bridgehead atoms. The first-order valence-electron chi connectivity index (χ1n) is 9.44. The fourth-order valence-corrected chi connectivity index (χ4v) is 2.56. The van der Waals surface area contributed by atoms with Crippen LogP contribution in [0.5, 0.6) is 5.75 Å². The van der Waals surface area contributed by atoms with Gasteiger partial charge in [0.15, 0.2) is 6.10 Å². The maximum Gasteiger partial charge on any atom is 0.338 e. The van der Waals surface area contributed by atoms with Gasteiger partial charge < -0.3 is 14.8 Å². The molecule has 0 fully saturated rings. The van der Waals surface area contributed by atoms with Crippen LogP contribution in [-0.4, -0.2) is 34.4 Å². The summed E-state index contributed by atoms with van der Waals surface area (Å²) in [5.41, 5.74) is 2.54. The Morgan fingerprint density at radius 3 is 2.32 bits per heavy atom. The van der Waals surface area contributed by atoms with E-state index in [9.17, 15) is 9.59 Å². The first-order chi connectivity index (χ1) is 13.2. The van der Waals surface area contributed by atoms with Crippen molar-refractivity contribution in [3.8, 4) is 5.75 Å². The molecule has 1 aromatic heterocycles. The smallest absolute Gasteiger partial charge is 0.338 e. The van der Waals surface area contributed by atoms with Gasteiger partial charge in [0.25, 0.3) is 5.91 Å². The molecule has 0 aliphatic carbocycles. The van der Waals surface area contributed by atoms with E-state index in [0.717, 1.165) is 12.1 Å². The predicted octanol–water partition coefficient (Wildman–Crippen LogP) is 3.65. The Morgan fingerprint density at radius 2 is 1.79 bits per heavy atom. The number of hydrogen-bond acceptors (Lipinski definition) is 5. The second-order valence-corrected chi connectivity index (χ2v) is 7.26. The van der Waals surface area contributed by atoms with E-state index in [-0.39, 0.29) is 0 Å². The lowest BCUT2D eigenvalue weighted by atomic mass is 10.1. The number of hydrogen-bond donors (Lipinski definition) is 1. The number of ether oxygens (including phenoxy) is 2. The molecule has 0 spiro atoms. The molecule has 0 aliphatic heterocycles. The molecule has 2 rings (SSSR count). The number of nitrogens with one attached hydrogen (secondary N) is 1. The molecule has 7 heteroatoms. The molecule has 0 radical (unpaired) electrons. The molecule has 1 heterocycles. The highest BCUT2D eigenvalue weighted by atomic mass is 16.5. The van der Waals surface area contributed by atoms with E-state index in [4.69, 9.17) is 9.47 Å². The van der Waals surface area contributed by atoms with Crippen LogP contribution in [0.25, 0.3) is 0 Å². The minimum absolute atomic E-state index is 0.365. The summed E-state index contributed by atoms with van der Waals surface area (Å²) in [6.07, 6.45) is 0.0280. The van der Waals surface area contributed by atoms with Crippen molar-refractivity contribution in [3.05, 3.63) is 41.2 Å². The zero-order chi connectivity index (χ0) is 20.8. The van der Waals surface area contributed by atoms with Gasteiger partial charge in [-0.25, -0.2) is 4.79 Å². The maximum atomic E-state index is 12.4. The molecule has 1 N–H and O–H groups in total. The predicted molar refractivity (Wildman–Crippen MR) is 108 cm³/mol. The van der Waals surface area contributed by atoms with Gasteiger partial charge in [-0.15, -0.1) is 0 Å². The molecule has 1 amide bonds. The van der Waals surface area contributed by atoms with E-state index in [0.29, 0.717) is 35.2 Å². The normalized spacial score (nSPS) is 12.0. The summed E-state index contributed by atoms with van der Waals surface area (Å²) in [5.74, 6) is 0.309. The molecule has 2 aromatic rings. The third-order valence-corrected chi connectivity index (χ3v) is 4.46.